The molecular weight excluding hydrogens is 244 g/mol. The zero-order valence-corrected chi connectivity index (χ0v) is 10.5. The Morgan fingerprint density at radius 2 is 2.16 bits per heavy atom. The number of rotatable bonds is 2. The predicted octanol–water partition coefficient (Wildman–Crippen LogP) is 2.84. The number of aromatic nitrogens is 2. The van der Waals surface area contributed by atoms with Crippen molar-refractivity contribution in [3.05, 3.63) is 41.8 Å². The molecule has 3 aromatic rings. The van der Waals surface area contributed by atoms with Gasteiger partial charge in [-0.2, -0.15) is 5.10 Å². The van der Waals surface area contributed by atoms with E-state index in [0.717, 1.165) is 27.8 Å². The molecule has 1 N–H and O–H groups in total. The summed E-state index contributed by atoms with van der Waals surface area (Å²) in [6.07, 6.45) is 1.71. The van der Waals surface area contributed by atoms with Crippen LogP contribution < -0.4 is 0 Å². The maximum absolute atomic E-state index is 10.9. The van der Waals surface area contributed by atoms with Crippen molar-refractivity contribution in [3.8, 4) is 11.3 Å². The highest BCUT2D eigenvalue weighted by Crippen LogP contribution is 2.27. The molecule has 1 aromatic carbocycles. The Morgan fingerprint density at radius 3 is 2.84 bits per heavy atom. The Balaban J connectivity index is 2.15. The van der Waals surface area contributed by atoms with Gasteiger partial charge in [-0.1, -0.05) is 12.1 Å². The van der Waals surface area contributed by atoms with Crippen LogP contribution in [-0.4, -0.2) is 20.9 Å². The summed E-state index contributed by atoms with van der Waals surface area (Å²) in [6, 6.07) is 7.36. The molecule has 2 heterocycles. The second-order valence-electron chi connectivity index (χ2n) is 4.47. The summed E-state index contributed by atoms with van der Waals surface area (Å²) >= 11 is 0. The highest BCUT2D eigenvalue weighted by Gasteiger charge is 2.13. The molecule has 96 valence electrons. The predicted molar refractivity (Wildman–Crippen MR) is 70.1 cm³/mol. The zero-order chi connectivity index (χ0) is 13.6. The van der Waals surface area contributed by atoms with Crippen molar-refractivity contribution in [1.82, 2.24) is 9.78 Å². The molecule has 0 bridgehead atoms. The number of carboxylic acid groups (broad SMARTS) is 1. The van der Waals surface area contributed by atoms with E-state index in [-0.39, 0.29) is 5.69 Å². The number of benzene rings is 1. The third kappa shape index (κ3) is 1.79. The van der Waals surface area contributed by atoms with Gasteiger partial charge in [0.2, 0.25) is 0 Å². The molecule has 0 saturated heterocycles. The first kappa shape index (κ1) is 11.5. The van der Waals surface area contributed by atoms with Crippen LogP contribution in [0.3, 0.4) is 0 Å². The summed E-state index contributed by atoms with van der Waals surface area (Å²) in [6.45, 7) is 1.98. The molecule has 0 saturated carbocycles. The molecule has 0 fully saturated rings. The highest BCUT2D eigenvalue weighted by atomic mass is 16.4. The first-order valence-electron chi connectivity index (χ1n) is 5.82. The standard InChI is InChI=1S/C14H12N2O3/c1-8-7-19-13-5-9(3-4-10(8)13)12-6-11(14(17)18)15-16(12)2/h3-7H,1-2H3,(H,17,18). The van der Waals surface area contributed by atoms with E-state index in [9.17, 15) is 4.79 Å². The second kappa shape index (κ2) is 3.98. The number of aryl methyl sites for hydroxylation is 2. The number of nitrogens with zero attached hydrogens (tertiary/aromatic N) is 2. The first-order valence-corrected chi connectivity index (χ1v) is 5.82. The van der Waals surface area contributed by atoms with Crippen molar-refractivity contribution < 1.29 is 14.3 Å². The lowest BCUT2D eigenvalue weighted by Gasteiger charge is -2.01. The van der Waals surface area contributed by atoms with Crippen LogP contribution in [0.1, 0.15) is 16.1 Å². The normalized spacial score (nSPS) is 11.1. The molecule has 0 amide bonds. The van der Waals surface area contributed by atoms with Gasteiger partial charge in [0.05, 0.1) is 12.0 Å². The molecule has 0 spiro atoms. The Hall–Kier alpha value is -2.56. The van der Waals surface area contributed by atoms with Crippen molar-refractivity contribution in [3.63, 3.8) is 0 Å². The van der Waals surface area contributed by atoms with Gasteiger partial charge in [0.15, 0.2) is 5.69 Å². The lowest BCUT2D eigenvalue weighted by Crippen LogP contribution is -1.99. The fourth-order valence-electron chi connectivity index (χ4n) is 2.16. The van der Waals surface area contributed by atoms with Gasteiger partial charge in [-0.15, -0.1) is 0 Å². The van der Waals surface area contributed by atoms with E-state index < -0.39 is 5.97 Å². The molecule has 5 heteroatoms. The van der Waals surface area contributed by atoms with Gasteiger partial charge in [0.25, 0.3) is 0 Å². The lowest BCUT2D eigenvalue weighted by molar-refractivity contribution is 0.0689. The summed E-state index contributed by atoms with van der Waals surface area (Å²) < 4.78 is 7.01. The van der Waals surface area contributed by atoms with E-state index >= 15 is 0 Å². The van der Waals surface area contributed by atoms with E-state index in [4.69, 9.17) is 9.52 Å². The smallest absolute Gasteiger partial charge is 0.356 e. The number of hydrogen-bond donors (Lipinski definition) is 1. The molecule has 0 aliphatic rings. The summed E-state index contributed by atoms with van der Waals surface area (Å²) in [5, 5.41) is 14.0. The molecule has 5 nitrogen and oxygen atoms in total. The SMILES string of the molecule is Cc1coc2cc(-c3cc(C(=O)O)nn3C)ccc12. The van der Waals surface area contributed by atoms with E-state index in [2.05, 4.69) is 5.10 Å². The number of carboxylic acids is 1. The van der Waals surface area contributed by atoms with Gasteiger partial charge < -0.3 is 9.52 Å². The summed E-state index contributed by atoms with van der Waals surface area (Å²) in [5.74, 6) is -1.03. The van der Waals surface area contributed by atoms with Gasteiger partial charge >= 0.3 is 5.97 Å². The van der Waals surface area contributed by atoms with Crippen LogP contribution in [0.5, 0.6) is 0 Å². The third-order valence-electron chi connectivity index (χ3n) is 3.16. The van der Waals surface area contributed by atoms with Gasteiger partial charge in [0.1, 0.15) is 5.58 Å². The van der Waals surface area contributed by atoms with Crippen LogP contribution in [0.15, 0.2) is 34.9 Å². The second-order valence-corrected chi connectivity index (χ2v) is 4.47. The molecular formula is C14H12N2O3. The van der Waals surface area contributed by atoms with Crippen LogP contribution in [0.25, 0.3) is 22.2 Å². The van der Waals surface area contributed by atoms with E-state index in [1.165, 1.54) is 0 Å². The van der Waals surface area contributed by atoms with Crippen molar-refractivity contribution in [2.24, 2.45) is 7.05 Å². The quantitative estimate of drug-likeness (QED) is 0.765. The molecule has 2 aromatic heterocycles. The molecule has 0 aliphatic carbocycles. The van der Waals surface area contributed by atoms with Gasteiger partial charge in [-0.25, -0.2) is 4.79 Å². The average Bonchev–Trinajstić information content (AvgIpc) is 2.93. The summed E-state index contributed by atoms with van der Waals surface area (Å²) in [7, 11) is 1.72. The zero-order valence-electron chi connectivity index (χ0n) is 10.5. The minimum Gasteiger partial charge on any atom is -0.476 e. The molecule has 19 heavy (non-hydrogen) atoms. The first-order chi connectivity index (χ1) is 9.06. The molecule has 0 aliphatic heterocycles. The van der Waals surface area contributed by atoms with E-state index in [1.54, 1.807) is 24.1 Å². The van der Waals surface area contributed by atoms with Crippen molar-refractivity contribution >= 4 is 16.9 Å². The third-order valence-corrected chi connectivity index (χ3v) is 3.16. The van der Waals surface area contributed by atoms with E-state index in [0.29, 0.717) is 0 Å². The largest absolute Gasteiger partial charge is 0.476 e. The molecule has 0 unspecified atom stereocenters. The van der Waals surface area contributed by atoms with Crippen LogP contribution in [-0.2, 0) is 7.05 Å². The number of carbonyl (C=O) groups is 1. The minimum atomic E-state index is -1.03. The van der Waals surface area contributed by atoms with Gasteiger partial charge in [0, 0.05) is 18.0 Å². The fraction of sp³-hybridized carbons (Fsp3) is 0.143. The molecule has 0 radical (unpaired) electrons. The van der Waals surface area contributed by atoms with Gasteiger partial charge in [-0.05, 0) is 24.6 Å². The molecule has 0 atom stereocenters. The summed E-state index contributed by atoms with van der Waals surface area (Å²) in [4.78, 5) is 10.9. The monoisotopic (exact) mass is 256 g/mol. The number of fused-ring (bicyclic) bond motifs is 1. The number of furan rings is 1. The van der Waals surface area contributed by atoms with Crippen LogP contribution >= 0.6 is 0 Å². The Kier molecular flexibility index (Phi) is 2.41. The van der Waals surface area contributed by atoms with Crippen LogP contribution in [0.4, 0.5) is 0 Å². The number of aromatic carboxylic acids is 1. The van der Waals surface area contributed by atoms with E-state index in [1.807, 2.05) is 25.1 Å². The maximum Gasteiger partial charge on any atom is 0.356 e. The molecule has 3 rings (SSSR count). The maximum atomic E-state index is 10.9. The van der Waals surface area contributed by atoms with Crippen molar-refractivity contribution in [1.29, 1.82) is 0 Å². The lowest BCUT2D eigenvalue weighted by atomic mass is 10.1. The Morgan fingerprint density at radius 1 is 1.37 bits per heavy atom. The number of hydrogen-bond acceptors (Lipinski definition) is 3. The van der Waals surface area contributed by atoms with Gasteiger partial charge in [-0.3, -0.25) is 4.68 Å². The Bertz CT molecular complexity index is 783. The van der Waals surface area contributed by atoms with Crippen LogP contribution in [0.2, 0.25) is 0 Å². The Labute approximate surface area is 109 Å². The summed E-state index contributed by atoms with van der Waals surface area (Å²) in [5.41, 5.74) is 3.52. The topological polar surface area (TPSA) is 68.3 Å². The van der Waals surface area contributed by atoms with Crippen molar-refractivity contribution in [2.75, 3.05) is 0 Å². The fourth-order valence-corrected chi connectivity index (χ4v) is 2.16. The minimum absolute atomic E-state index is 0.0354. The average molecular weight is 256 g/mol. The highest BCUT2D eigenvalue weighted by molar-refractivity contribution is 5.89. The van der Waals surface area contributed by atoms with Crippen LogP contribution in [0, 0.1) is 6.92 Å². The van der Waals surface area contributed by atoms with Crippen molar-refractivity contribution in [2.45, 2.75) is 6.92 Å².